The molecule has 0 radical (unpaired) electrons. The fourth-order valence-electron chi connectivity index (χ4n) is 4.85. The summed E-state index contributed by atoms with van der Waals surface area (Å²) in [7, 11) is 0. The maximum atomic E-state index is 13.7. The Balaban J connectivity index is 1.54. The smallest absolute Gasteiger partial charge is 0.282 e. The highest BCUT2D eigenvalue weighted by Gasteiger charge is 2.23. The van der Waals surface area contributed by atoms with Gasteiger partial charge >= 0.3 is 0 Å². The van der Waals surface area contributed by atoms with Gasteiger partial charge < -0.3 is 9.47 Å². The zero-order valence-electron chi connectivity index (χ0n) is 21.8. The third-order valence-electron chi connectivity index (χ3n) is 6.87. The molecule has 1 saturated carbocycles. The van der Waals surface area contributed by atoms with E-state index >= 15 is 0 Å². The molecule has 5 rings (SSSR count). The Hall–Kier alpha value is -2.56. The van der Waals surface area contributed by atoms with Gasteiger partial charge in [-0.15, -0.1) is 0 Å². The molecule has 1 aromatic heterocycles. The van der Waals surface area contributed by atoms with Crippen molar-refractivity contribution >= 4 is 64.9 Å². The predicted octanol–water partition coefficient (Wildman–Crippen LogP) is 8.73. The van der Waals surface area contributed by atoms with Crippen molar-refractivity contribution in [3.05, 3.63) is 95.1 Å². The molecular weight excluding hydrogens is 709 g/mol. The van der Waals surface area contributed by atoms with Gasteiger partial charge in [0.15, 0.2) is 11.5 Å². The molecule has 0 bridgehead atoms. The van der Waals surface area contributed by atoms with Crippen molar-refractivity contribution in [2.45, 2.75) is 51.6 Å². The number of halogens is 4. The van der Waals surface area contributed by atoms with E-state index in [4.69, 9.17) is 14.5 Å². The second-order valence-corrected chi connectivity index (χ2v) is 12.1. The molecule has 0 amide bonds. The number of benzene rings is 3. The average Bonchev–Trinajstić information content (AvgIpc) is 2.96. The third-order valence-corrected chi connectivity index (χ3v) is 9.50. The molecule has 6 nitrogen and oxygen atoms in total. The highest BCUT2D eigenvalue weighted by atomic mass is 79.9. The predicted molar refractivity (Wildman–Crippen MR) is 166 cm³/mol. The Morgan fingerprint density at radius 3 is 2.50 bits per heavy atom. The van der Waals surface area contributed by atoms with Crippen LogP contribution in [0.2, 0.25) is 0 Å². The summed E-state index contributed by atoms with van der Waals surface area (Å²) in [6.07, 6.45) is 7.01. The van der Waals surface area contributed by atoms with E-state index in [-0.39, 0.29) is 23.9 Å². The topological polar surface area (TPSA) is 65.7 Å². The van der Waals surface area contributed by atoms with Gasteiger partial charge in [-0.05, 0) is 93.6 Å². The van der Waals surface area contributed by atoms with Crippen LogP contribution in [0.3, 0.4) is 0 Å². The van der Waals surface area contributed by atoms with Crippen molar-refractivity contribution in [1.82, 2.24) is 9.66 Å². The third kappa shape index (κ3) is 6.34. The average molecular weight is 736 g/mol. The fraction of sp³-hybridized carbons (Fsp3) is 0.300. The highest BCUT2D eigenvalue weighted by Crippen LogP contribution is 2.43. The number of aromatic nitrogens is 2. The van der Waals surface area contributed by atoms with Crippen LogP contribution < -0.4 is 15.0 Å². The minimum Gasteiger partial charge on any atom is -0.490 e. The second kappa shape index (κ2) is 13.0. The van der Waals surface area contributed by atoms with Gasteiger partial charge in [0.25, 0.3) is 5.56 Å². The van der Waals surface area contributed by atoms with Crippen LogP contribution in [-0.4, -0.2) is 22.5 Å². The van der Waals surface area contributed by atoms with E-state index in [0.29, 0.717) is 49.3 Å². The molecular formula is C30H27Br3FN3O3. The summed E-state index contributed by atoms with van der Waals surface area (Å²) in [5.41, 5.74) is 1.98. The quantitative estimate of drug-likeness (QED) is 0.170. The van der Waals surface area contributed by atoms with Crippen molar-refractivity contribution in [3.8, 4) is 11.5 Å². The lowest BCUT2D eigenvalue weighted by Gasteiger charge is -2.23. The molecule has 0 unspecified atom stereocenters. The van der Waals surface area contributed by atoms with Gasteiger partial charge in [0.2, 0.25) is 0 Å². The first kappa shape index (κ1) is 29.0. The summed E-state index contributed by atoms with van der Waals surface area (Å²) in [4.78, 5) is 18.6. The maximum Gasteiger partial charge on any atom is 0.282 e. The summed E-state index contributed by atoms with van der Waals surface area (Å²) >= 11 is 10.8. The van der Waals surface area contributed by atoms with E-state index in [1.54, 1.807) is 24.4 Å². The largest absolute Gasteiger partial charge is 0.490 e. The zero-order valence-corrected chi connectivity index (χ0v) is 26.6. The molecule has 40 heavy (non-hydrogen) atoms. The fourth-order valence-corrected chi connectivity index (χ4v) is 6.15. The van der Waals surface area contributed by atoms with E-state index in [9.17, 15) is 9.18 Å². The van der Waals surface area contributed by atoms with Crippen LogP contribution in [0.1, 0.15) is 61.9 Å². The van der Waals surface area contributed by atoms with Crippen molar-refractivity contribution in [2.24, 2.45) is 5.10 Å². The molecule has 0 atom stereocenters. The van der Waals surface area contributed by atoms with Crippen molar-refractivity contribution < 1.29 is 13.9 Å². The summed E-state index contributed by atoms with van der Waals surface area (Å²) in [5.74, 6) is 1.58. The monoisotopic (exact) mass is 733 g/mol. The van der Waals surface area contributed by atoms with Crippen LogP contribution in [0, 0.1) is 5.82 Å². The van der Waals surface area contributed by atoms with Gasteiger partial charge in [-0.2, -0.15) is 9.78 Å². The van der Waals surface area contributed by atoms with E-state index < -0.39 is 0 Å². The van der Waals surface area contributed by atoms with Gasteiger partial charge in [-0.3, -0.25) is 4.79 Å². The summed E-state index contributed by atoms with van der Waals surface area (Å²) in [6.45, 7) is 2.55. The SMILES string of the molecule is CCOc1cc(C=Nn2c(C3CCCCC3)nc3ccc(Br)cc3c2=O)c(Br)c(Br)c1OCc1ccc(F)cc1. The summed E-state index contributed by atoms with van der Waals surface area (Å²) < 4.78 is 28.9. The van der Waals surface area contributed by atoms with E-state index in [1.807, 2.05) is 25.1 Å². The first-order valence-corrected chi connectivity index (χ1v) is 15.5. The summed E-state index contributed by atoms with van der Waals surface area (Å²) in [6, 6.07) is 13.5. The molecule has 0 saturated heterocycles. The van der Waals surface area contributed by atoms with Crippen molar-refractivity contribution in [1.29, 1.82) is 0 Å². The van der Waals surface area contributed by atoms with Crippen LogP contribution in [0.15, 0.2) is 71.8 Å². The van der Waals surface area contributed by atoms with Crippen LogP contribution in [0.25, 0.3) is 10.9 Å². The lowest BCUT2D eigenvalue weighted by atomic mass is 9.88. The van der Waals surface area contributed by atoms with Gasteiger partial charge in [0.1, 0.15) is 18.2 Å². The number of hydrogen-bond donors (Lipinski definition) is 0. The van der Waals surface area contributed by atoms with E-state index in [0.717, 1.165) is 35.7 Å². The Morgan fingerprint density at radius 1 is 1.02 bits per heavy atom. The molecule has 0 spiro atoms. The van der Waals surface area contributed by atoms with Crippen LogP contribution >= 0.6 is 47.8 Å². The lowest BCUT2D eigenvalue weighted by molar-refractivity contribution is 0.267. The highest BCUT2D eigenvalue weighted by molar-refractivity contribution is 9.13. The Bertz CT molecular complexity index is 1620. The normalized spacial score (nSPS) is 14.2. The number of rotatable bonds is 8. The number of ether oxygens (including phenoxy) is 2. The first-order valence-electron chi connectivity index (χ1n) is 13.1. The second-order valence-electron chi connectivity index (χ2n) is 9.60. The van der Waals surface area contributed by atoms with Crippen LogP contribution in [0.5, 0.6) is 11.5 Å². The van der Waals surface area contributed by atoms with Crippen LogP contribution in [0.4, 0.5) is 4.39 Å². The number of hydrogen-bond acceptors (Lipinski definition) is 5. The zero-order chi connectivity index (χ0) is 28.2. The van der Waals surface area contributed by atoms with E-state index in [2.05, 4.69) is 52.9 Å². The Morgan fingerprint density at radius 2 is 1.77 bits per heavy atom. The molecule has 10 heteroatoms. The van der Waals surface area contributed by atoms with Crippen molar-refractivity contribution in [3.63, 3.8) is 0 Å². The first-order chi connectivity index (χ1) is 19.4. The molecule has 1 fully saturated rings. The molecule has 1 heterocycles. The molecule has 3 aromatic carbocycles. The molecule has 208 valence electrons. The minimum atomic E-state index is -0.300. The summed E-state index contributed by atoms with van der Waals surface area (Å²) in [5, 5.41) is 5.19. The minimum absolute atomic E-state index is 0.169. The molecule has 1 aliphatic rings. The van der Waals surface area contributed by atoms with Gasteiger partial charge in [0, 0.05) is 20.4 Å². The molecule has 4 aromatic rings. The van der Waals surface area contributed by atoms with Crippen LogP contribution in [-0.2, 0) is 6.61 Å². The van der Waals surface area contributed by atoms with Gasteiger partial charge in [0.05, 0.1) is 28.2 Å². The van der Waals surface area contributed by atoms with Gasteiger partial charge in [-0.25, -0.2) is 9.37 Å². The number of nitrogens with zero attached hydrogens (tertiary/aromatic N) is 3. The maximum absolute atomic E-state index is 13.7. The Labute approximate surface area is 257 Å². The Kier molecular flexibility index (Phi) is 9.38. The molecule has 0 N–H and O–H groups in total. The molecule has 0 aliphatic heterocycles. The molecule has 1 aliphatic carbocycles. The lowest BCUT2D eigenvalue weighted by Crippen LogP contribution is -2.25. The van der Waals surface area contributed by atoms with E-state index in [1.165, 1.54) is 23.2 Å². The van der Waals surface area contributed by atoms with Crippen molar-refractivity contribution in [2.75, 3.05) is 6.61 Å². The standard InChI is InChI=1S/C30H27Br3FN3O3/c1-2-39-25-14-20(26(32)27(33)28(25)40-17-18-8-11-22(34)12-9-18)16-35-37-29(19-6-4-3-5-7-19)36-24-13-10-21(31)15-23(24)30(37)38/h8-16,19H,2-7,17H2,1H3. The number of fused-ring (bicyclic) bond motifs is 1. The van der Waals surface area contributed by atoms with Gasteiger partial charge in [-0.1, -0.05) is 47.3 Å².